The van der Waals surface area contributed by atoms with Gasteiger partial charge in [-0.3, -0.25) is 0 Å². The molecule has 0 fully saturated rings. The average molecular weight is 274 g/mol. The molecule has 0 aliphatic heterocycles. The van der Waals surface area contributed by atoms with Crippen molar-refractivity contribution in [2.24, 2.45) is 5.92 Å². The van der Waals surface area contributed by atoms with E-state index in [2.05, 4.69) is 56.2 Å². The predicted molar refractivity (Wildman–Crippen MR) is 85.7 cm³/mol. The summed E-state index contributed by atoms with van der Waals surface area (Å²) in [7, 11) is 0. The molecule has 1 aromatic carbocycles. The molecule has 1 N–H and O–H groups in total. The van der Waals surface area contributed by atoms with Gasteiger partial charge in [0.05, 0.1) is 15.7 Å². The van der Waals surface area contributed by atoms with E-state index < -0.39 is 0 Å². The molecule has 1 unspecified atom stereocenters. The number of hydrogen-bond donors (Lipinski definition) is 1. The van der Waals surface area contributed by atoms with Crippen LogP contribution >= 0.6 is 11.3 Å². The molecule has 2 aromatic rings. The monoisotopic (exact) mass is 274 g/mol. The molecule has 0 aliphatic carbocycles. The van der Waals surface area contributed by atoms with Crippen molar-refractivity contribution < 1.29 is 0 Å². The van der Waals surface area contributed by atoms with E-state index >= 15 is 0 Å². The van der Waals surface area contributed by atoms with E-state index in [1.807, 2.05) is 5.51 Å². The fraction of sp³-hybridized carbons (Fsp3) is 0.438. The number of fused-ring (bicyclic) bond motifs is 1. The summed E-state index contributed by atoms with van der Waals surface area (Å²) >= 11 is 1.69. The molecule has 3 heteroatoms. The zero-order valence-electron chi connectivity index (χ0n) is 12.2. The van der Waals surface area contributed by atoms with Crippen molar-refractivity contribution in [2.75, 3.05) is 5.32 Å². The first-order chi connectivity index (χ1) is 9.15. The SMILES string of the molecule is CC/C(C)=C(\Nc1ccc2ncsc2c1)C(C)CC. The molecular formula is C16H22N2S. The Morgan fingerprint density at radius 1 is 1.37 bits per heavy atom. The summed E-state index contributed by atoms with van der Waals surface area (Å²) in [5, 5.41) is 3.62. The average Bonchev–Trinajstić information content (AvgIpc) is 2.90. The van der Waals surface area contributed by atoms with Gasteiger partial charge >= 0.3 is 0 Å². The molecule has 0 saturated heterocycles. The molecular weight excluding hydrogens is 252 g/mol. The quantitative estimate of drug-likeness (QED) is 0.785. The lowest BCUT2D eigenvalue weighted by Gasteiger charge is -2.20. The van der Waals surface area contributed by atoms with Crippen molar-refractivity contribution in [1.82, 2.24) is 4.98 Å². The van der Waals surface area contributed by atoms with E-state index in [0.29, 0.717) is 5.92 Å². The number of nitrogens with one attached hydrogen (secondary N) is 1. The van der Waals surface area contributed by atoms with Crippen LogP contribution in [0, 0.1) is 5.92 Å². The molecule has 102 valence electrons. The molecule has 0 radical (unpaired) electrons. The van der Waals surface area contributed by atoms with Crippen LogP contribution in [0.3, 0.4) is 0 Å². The Morgan fingerprint density at radius 2 is 2.16 bits per heavy atom. The Hall–Kier alpha value is -1.35. The Morgan fingerprint density at radius 3 is 2.84 bits per heavy atom. The van der Waals surface area contributed by atoms with Crippen LogP contribution in [0.5, 0.6) is 0 Å². The minimum atomic E-state index is 0.567. The van der Waals surface area contributed by atoms with Crippen LogP contribution in [0.4, 0.5) is 5.69 Å². The fourth-order valence-corrected chi connectivity index (χ4v) is 2.85. The Balaban J connectivity index is 2.30. The third-order valence-electron chi connectivity index (χ3n) is 3.71. The highest BCUT2D eigenvalue weighted by Crippen LogP contribution is 2.26. The van der Waals surface area contributed by atoms with E-state index in [1.54, 1.807) is 11.3 Å². The maximum Gasteiger partial charge on any atom is 0.0813 e. The first-order valence-corrected chi connectivity index (χ1v) is 7.83. The largest absolute Gasteiger partial charge is 0.359 e. The molecule has 0 amide bonds. The lowest BCUT2D eigenvalue weighted by Crippen LogP contribution is -2.10. The van der Waals surface area contributed by atoms with Crippen molar-refractivity contribution in [1.29, 1.82) is 0 Å². The number of hydrogen-bond acceptors (Lipinski definition) is 3. The second-order valence-corrected chi connectivity index (χ2v) is 5.90. The second-order valence-electron chi connectivity index (χ2n) is 5.02. The lowest BCUT2D eigenvalue weighted by molar-refractivity contribution is 0.648. The van der Waals surface area contributed by atoms with Gasteiger partial charge in [-0.25, -0.2) is 4.98 Å². The lowest BCUT2D eigenvalue weighted by atomic mass is 9.99. The number of rotatable bonds is 5. The van der Waals surface area contributed by atoms with E-state index in [1.165, 1.54) is 21.7 Å². The van der Waals surface area contributed by atoms with Crippen molar-refractivity contribution in [2.45, 2.75) is 40.5 Å². The van der Waals surface area contributed by atoms with E-state index in [9.17, 15) is 0 Å². The molecule has 1 aromatic heterocycles. The van der Waals surface area contributed by atoms with E-state index in [4.69, 9.17) is 0 Å². The predicted octanol–water partition coefficient (Wildman–Crippen LogP) is 5.44. The maximum absolute atomic E-state index is 4.32. The number of anilines is 1. The normalized spacial score (nSPS) is 14.3. The number of nitrogens with zero attached hydrogens (tertiary/aromatic N) is 1. The second kappa shape index (κ2) is 6.20. The zero-order chi connectivity index (χ0) is 13.8. The van der Waals surface area contributed by atoms with Crippen molar-refractivity contribution in [3.63, 3.8) is 0 Å². The third-order valence-corrected chi connectivity index (χ3v) is 4.50. The van der Waals surface area contributed by atoms with Gasteiger partial charge in [-0.15, -0.1) is 11.3 Å². The Labute approximate surface area is 119 Å². The van der Waals surface area contributed by atoms with Gasteiger partial charge in [0.25, 0.3) is 0 Å². The Kier molecular flexibility index (Phi) is 4.59. The summed E-state index contributed by atoms with van der Waals surface area (Å²) < 4.78 is 1.24. The number of thiazole rings is 1. The summed E-state index contributed by atoms with van der Waals surface area (Å²) in [6.07, 6.45) is 2.25. The highest BCUT2D eigenvalue weighted by atomic mass is 32.1. The molecule has 2 rings (SSSR count). The standard InChI is InChI=1S/C16H22N2S/c1-5-11(3)16(12(4)6-2)18-13-7-8-14-15(9-13)19-10-17-14/h7-11,18H,5-6H2,1-4H3/b16-12-. The van der Waals surface area contributed by atoms with Crippen LogP contribution < -0.4 is 5.32 Å². The topological polar surface area (TPSA) is 24.9 Å². The van der Waals surface area contributed by atoms with Crippen LogP contribution in [0.2, 0.25) is 0 Å². The first kappa shape index (κ1) is 14.1. The van der Waals surface area contributed by atoms with E-state index in [0.717, 1.165) is 18.4 Å². The molecule has 2 nitrogen and oxygen atoms in total. The minimum absolute atomic E-state index is 0.567. The van der Waals surface area contributed by atoms with Crippen LogP contribution in [-0.2, 0) is 0 Å². The van der Waals surface area contributed by atoms with Crippen molar-refractivity contribution in [3.05, 3.63) is 35.0 Å². The van der Waals surface area contributed by atoms with Crippen molar-refractivity contribution in [3.8, 4) is 0 Å². The molecule has 0 spiro atoms. The van der Waals surface area contributed by atoms with E-state index in [-0.39, 0.29) is 0 Å². The van der Waals surface area contributed by atoms with Gasteiger partial charge in [-0.05, 0) is 43.9 Å². The zero-order valence-corrected chi connectivity index (χ0v) is 13.0. The first-order valence-electron chi connectivity index (χ1n) is 6.95. The Bertz CT molecular complexity index is 583. The summed E-state index contributed by atoms with van der Waals surface area (Å²) in [5.41, 5.74) is 6.96. The van der Waals surface area contributed by atoms with Crippen LogP contribution in [0.1, 0.15) is 40.5 Å². The minimum Gasteiger partial charge on any atom is -0.359 e. The summed E-state index contributed by atoms with van der Waals surface area (Å²) in [4.78, 5) is 4.32. The summed E-state index contributed by atoms with van der Waals surface area (Å²) in [6, 6.07) is 6.40. The molecule has 19 heavy (non-hydrogen) atoms. The van der Waals surface area contributed by atoms with Gasteiger partial charge in [0.1, 0.15) is 0 Å². The summed E-state index contributed by atoms with van der Waals surface area (Å²) in [6.45, 7) is 8.96. The van der Waals surface area contributed by atoms with Crippen LogP contribution in [0.25, 0.3) is 10.2 Å². The third kappa shape index (κ3) is 3.16. The fourth-order valence-electron chi connectivity index (χ4n) is 2.13. The van der Waals surface area contributed by atoms with Gasteiger partial charge in [0.15, 0.2) is 0 Å². The van der Waals surface area contributed by atoms with Gasteiger partial charge in [-0.1, -0.05) is 26.3 Å². The van der Waals surface area contributed by atoms with Gasteiger partial charge in [0, 0.05) is 11.4 Å². The van der Waals surface area contributed by atoms with Crippen molar-refractivity contribution >= 4 is 27.2 Å². The molecule has 1 heterocycles. The number of allylic oxidation sites excluding steroid dienone is 2. The van der Waals surface area contributed by atoms with Crippen LogP contribution in [-0.4, -0.2) is 4.98 Å². The highest BCUT2D eigenvalue weighted by Gasteiger charge is 2.10. The van der Waals surface area contributed by atoms with Gasteiger partial charge in [0.2, 0.25) is 0 Å². The summed E-state index contributed by atoms with van der Waals surface area (Å²) in [5.74, 6) is 0.567. The molecule has 0 bridgehead atoms. The highest BCUT2D eigenvalue weighted by molar-refractivity contribution is 7.16. The maximum atomic E-state index is 4.32. The number of benzene rings is 1. The van der Waals surface area contributed by atoms with Crippen LogP contribution in [0.15, 0.2) is 35.0 Å². The number of aromatic nitrogens is 1. The molecule has 1 atom stereocenters. The van der Waals surface area contributed by atoms with Gasteiger partial charge in [-0.2, -0.15) is 0 Å². The molecule has 0 saturated carbocycles. The smallest absolute Gasteiger partial charge is 0.0813 e. The van der Waals surface area contributed by atoms with Gasteiger partial charge < -0.3 is 5.32 Å². The molecule has 0 aliphatic rings.